The number of alkyl halides is 12. The zero-order chi connectivity index (χ0) is 21.0. The summed E-state index contributed by atoms with van der Waals surface area (Å²) in [6.45, 7) is -1.36. The van der Waals surface area contributed by atoms with Crippen LogP contribution in [-0.4, -0.2) is 49.5 Å². The first-order valence-electron chi connectivity index (χ1n) is 5.79. The maximum atomic E-state index is 12.1. The predicted molar refractivity (Wildman–Crippen MR) is 54.1 cm³/mol. The summed E-state index contributed by atoms with van der Waals surface area (Å²) in [5.41, 5.74) is 0. The van der Waals surface area contributed by atoms with Crippen LogP contribution in [0.25, 0.3) is 0 Å². The average molecular weight is 418 g/mol. The molecule has 0 fully saturated rings. The molecule has 0 radical (unpaired) electrons. The SMILES string of the molecule is O=C(C=CCOOC(C(F)(F)F)C(F)(F)F)OC(C(F)(F)F)C(F)(F)F. The van der Waals surface area contributed by atoms with Crippen LogP contribution in [0.2, 0.25) is 0 Å². The van der Waals surface area contributed by atoms with E-state index in [1.54, 1.807) is 0 Å². The first-order valence-corrected chi connectivity index (χ1v) is 5.79. The number of carbonyl (C=O) groups is 1. The van der Waals surface area contributed by atoms with Gasteiger partial charge in [-0.2, -0.15) is 52.7 Å². The molecule has 0 atom stereocenters. The molecule has 0 aromatic heterocycles. The van der Waals surface area contributed by atoms with Crippen LogP contribution in [0.4, 0.5) is 52.7 Å². The second kappa shape index (κ2) is 8.32. The summed E-state index contributed by atoms with van der Waals surface area (Å²) in [6.07, 6.45) is -32.7. The summed E-state index contributed by atoms with van der Waals surface area (Å²) in [4.78, 5) is 17.3. The molecule has 16 heteroatoms. The lowest BCUT2D eigenvalue weighted by atomic mass is 10.3. The summed E-state index contributed by atoms with van der Waals surface area (Å²) >= 11 is 0. The van der Waals surface area contributed by atoms with Crippen LogP contribution in [-0.2, 0) is 19.3 Å². The van der Waals surface area contributed by atoms with Gasteiger partial charge in [0.25, 0.3) is 12.2 Å². The largest absolute Gasteiger partial charge is 0.440 e. The molecule has 0 heterocycles. The number of rotatable bonds is 6. The predicted octanol–water partition coefficient (Wildman–Crippen LogP) is 4.02. The minimum Gasteiger partial charge on any atom is -0.440 e. The molecule has 0 aromatic rings. The maximum absolute atomic E-state index is 12.1. The van der Waals surface area contributed by atoms with E-state index in [9.17, 15) is 57.5 Å². The first-order chi connectivity index (χ1) is 11.4. The molecule has 154 valence electrons. The van der Waals surface area contributed by atoms with Crippen molar-refractivity contribution in [3.63, 3.8) is 0 Å². The highest BCUT2D eigenvalue weighted by Gasteiger charge is 2.60. The van der Waals surface area contributed by atoms with Gasteiger partial charge < -0.3 is 4.74 Å². The van der Waals surface area contributed by atoms with Crippen molar-refractivity contribution >= 4 is 5.97 Å². The Balaban J connectivity index is 4.65. The molecule has 0 saturated carbocycles. The number of hydrogen-bond donors (Lipinski definition) is 0. The topological polar surface area (TPSA) is 44.8 Å². The number of ether oxygens (including phenoxy) is 1. The van der Waals surface area contributed by atoms with Crippen LogP contribution >= 0.6 is 0 Å². The molecular formula is C10H6F12O4. The van der Waals surface area contributed by atoms with E-state index in [0.717, 1.165) is 0 Å². The fourth-order valence-electron chi connectivity index (χ4n) is 1.06. The minimum absolute atomic E-state index is 0.149. The highest BCUT2D eigenvalue weighted by Crippen LogP contribution is 2.36. The van der Waals surface area contributed by atoms with E-state index >= 15 is 0 Å². The van der Waals surface area contributed by atoms with Crippen LogP contribution in [0.3, 0.4) is 0 Å². The Labute approximate surface area is 135 Å². The zero-order valence-electron chi connectivity index (χ0n) is 11.7. The van der Waals surface area contributed by atoms with Crippen molar-refractivity contribution in [2.24, 2.45) is 0 Å². The van der Waals surface area contributed by atoms with Gasteiger partial charge in [-0.1, -0.05) is 0 Å². The van der Waals surface area contributed by atoms with Crippen molar-refractivity contribution in [2.45, 2.75) is 36.9 Å². The molecule has 0 spiro atoms. The van der Waals surface area contributed by atoms with E-state index in [2.05, 4.69) is 14.5 Å². The summed E-state index contributed by atoms with van der Waals surface area (Å²) in [6, 6.07) is 0. The number of hydrogen-bond acceptors (Lipinski definition) is 4. The van der Waals surface area contributed by atoms with Gasteiger partial charge in [0.15, 0.2) is 0 Å². The Morgan fingerprint density at radius 2 is 1.12 bits per heavy atom. The van der Waals surface area contributed by atoms with Gasteiger partial charge >= 0.3 is 30.7 Å². The van der Waals surface area contributed by atoms with Crippen molar-refractivity contribution in [3.8, 4) is 0 Å². The smallest absolute Gasteiger partial charge is 0.434 e. The fraction of sp³-hybridized carbons (Fsp3) is 0.700. The quantitative estimate of drug-likeness (QED) is 0.163. The van der Waals surface area contributed by atoms with E-state index in [-0.39, 0.29) is 12.2 Å². The molecule has 0 N–H and O–H groups in total. The molecule has 26 heavy (non-hydrogen) atoms. The van der Waals surface area contributed by atoms with Crippen molar-refractivity contribution in [2.75, 3.05) is 6.61 Å². The monoisotopic (exact) mass is 418 g/mol. The third-order valence-corrected chi connectivity index (χ3v) is 2.01. The highest BCUT2D eigenvalue weighted by atomic mass is 19.4. The van der Waals surface area contributed by atoms with Crippen molar-refractivity contribution in [1.82, 2.24) is 0 Å². The molecule has 0 unspecified atom stereocenters. The highest BCUT2D eigenvalue weighted by molar-refractivity contribution is 5.82. The maximum Gasteiger partial charge on any atom is 0.434 e. The Morgan fingerprint density at radius 1 is 0.731 bits per heavy atom. The van der Waals surface area contributed by atoms with Gasteiger partial charge in [0.2, 0.25) is 0 Å². The Kier molecular flexibility index (Phi) is 7.77. The van der Waals surface area contributed by atoms with E-state index in [1.165, 1.54) is 0 Å². The van der Waals surface area contributed by atoms with Crippen LogP contribution < -0.4 is 0 Å². The van der Waals surface area contributed by atoms with Gasteiger partial charge in [0, 0.05) is 6.08 Å². The third-order valence-electron chi connectivity index (χ3n) is 2.01. The molecule has 0 aliphatic rings. The Bertz CT molecular complexity index is 458. The van der Waals surface area contributed by atoms with E-state index < -0.39 is 49.5 Å². The molecule has 0 aliphatic carbocycles. The van der Waals surface area contributed by atoms with Crippen LogP contribution in [0.5, 0.6) is 0 Å². The van der Waals surface area contributed by atoms with Crippen molar-refractivity contribution < 1.29 is 72.0 Å². The van der Waals surface area contributed by atoms with Gasteiger partial charge in [-0.05, 0) is 6.08 Å². The number of carbonyl (C=O) groups excluding carboxylic acids is 1. The standard InChI is InChI=1S/C10H6F12O4/c11-7(12,13)5(8(14,15)16)25-4(23)2-1-3-24-26-6(9(17,18)19)10(20,21)22/h1-2,5-6H,3H2. The Hall–Kier alpha value is -1.71. The summed E-state index contributed by atoms with van der Waals surface area (Å²) in [7, 11) is 0. The van der Waals surface area contributed by atoms with Crippen molar-refractivity contribution in [1.29, 1.82) is 0 Å². The third kappa shape index (κ3) is 8.59. The zero-order valence-corrected chi connectivity index (χ0v) is 11.7. The Morgan fingerprint density at radius 3 is 1.46 bits per heavy atom. The van der Waals surface area contributed by atoms with Crippen LogP contribution in [0.15, 0.2) is 12.2 Å². The van der Waals surface area contributed by atoms with Gasteiger partial charge in [-0.25, -0.2) is 14.6 Å². The summed E-state index contributed by atoms with van der Waals surface area (Å²) in [5, 5.41) is 0. The fourth-order valence-corrected chi connectivity index (χ4v) is 1.06. The van der Waals surface area contributed by atoms with Gasteiger partial charge in [0.05, 0.1) is 0 Å². The van der Waals surface area contributed by atoms with Crippen molar-refractivity contribution in [3.05, 3.63) is 12.2 Å². The summed E-state index contributed by atoms with van der Waals surface area (Å²) in [5.74, 6) is -2.24. The molecule has 0 saturated heterocycles. The summed E-state index contributed by atoms with van der Waals surface area (Å²) < 4.78 is 147. The number of esters is 1. The molecule has 0 amide bonds. The second-order valence-corrected chi connectivity index (χ2v) is 4.15. The molecule has 0 rings (SSSR count). The number of halogens is 12. The normalized spacial score (nSPS) is 14.5. The molecular weight excluding hydrogens is 412 g/mol. The second-order valence-electron chi connectivity index (χ2n) is 4.15. The lowest BCUT2D eigenvalue weighted by molar-refractivity contribution is -0.429. The van der Waals surface area contributed by atoms with Crippen LogP contribution in [0, 0.1) is 0 Å². The molecule has 0 bridgehead atoms. The van der Waals surface area contributed by atoms with Crippen LogP contribution in [0.1, 0.15) is 0 Å². The van der Waals surface area contributed by atoms with Gasteiger partial charge in [0.1, 0.15) is 6.61 Å². The van der Waals surface area contributed by atoms with Gasteiger partial charge in [-0.3, -0.25) is 0 Å². The minimum atomic E-state index is -6.01. The lowest BCUT2D eigenvalue weighted by Crippen LogP contribution is -2.45. The lowest BCUT2D eigenvalue weighted by Gasteiger charge is -2.22. The molecule has 0 aromatic carbocycles. The molecule has 0 aliphatic heterocycles. The van der Waals surface area contributed by atoms with E-state index in [4.69, 9.17) is 0 Å². The molecule has 4 nitrogen and oxygen atoms in total. The van der Waals surface area contributed by atoms with E-state index in [0.29, 0.717) is 0 Å². The first kappa shape index (κ1) is 24.3. The van der Waals surface area contributed by atoms with Gasteiger partial charge in [-0.15, -0.1) is 0 Å². The van der Waals surface area contributed by atoms with E-state index in [1.807, 2.05) is 0 Å². The average Bonchev–Trinajstić information content (AvgIpc) is 2.34.